The molecule has 0 amide bonds. The van der Waals surface area contributed by atoms with Crippen LogP contribution in [0.25, 0.3) is 0 Å². The summed E-state index contributed by atoms with van der Waals surface area (Å²) in [5.74, 6) is -0.281. The molecule has 0 spiro atoms. The number of nitrogens with one attached hydrogen (secondary N) is 1. The Morgan fingerprint density at radius 3 is 2.78 bits per heavy atom. The molecule has 0 bridgehead atoms. The number of nitrogens with zero attached hydrogens (tertiary/aromatic N) is 1. The van der Waals surface area contributed by atoms with E-state index < -0.39 is 6.23 Å². The summed E-state index contributed by atoms with van der Waals surface area (Å²) in [5, 5.41) is 19.8. The van der Waals surface area contributed by atoms with E-state index in [2.05, 4.69) is 17.0 Å². The van der Waals surface area contributed by atoms with Gasteiger partial charge in [0.2, 0.25) is 5.88 Å². The van der Waals surface area contributed by atoms with Gasteiger partial charge >= 0.3 is 0 Å². The van der Waals surface area contributed by atoms with Crippen LogP contribution in [0.2, 0.25) is 0 Å². The zero-order chi connectivity index (χ0) is 7.28. The van der Waals surface area contributed by atoms with Crippen molar-refractivity contribution in [2.24, 2.45) is 4.99 Å². The van der Waals surface area contributed by atoms with Crippen LogP contribution in [0.4, 0.5) is 0 Å². The molecular weight excluding hydrogens is 120 g/mol. The van der Waals surface area contributed by atoms with Crippen LogP contribution in [0, 0.1) is 0 Å². The van der Waals surface area contributed by atoms with Crippen molar-refractivity contribution in [3.05, 3.63) is 12.0 Å². The van der Waals surface area contributed by atoms with E-state index in [1.165, 1.54) is 0 Å². The molecule has 0 aliphatic heterocycles. The summed E-state index contributed by atoms with van der Waals surface area (Å²) < 4.78 is 0. The van der Waals surface area contributed by atoms with Crippen LogP contribution < -0.4 is 5.32 Å². The van der Waals surface area contributed by atoms with Gasteiger partial charge in [0.1, 0.15) is 6.23 Å². The van der Waals surface area contributed by atoms with Gasteiger partial charge in [-0.3, -0.25) is 5.32 Å². The first-order valence-electron chi connectivity index (χ1n) is 2.43. The van der Waals surface area contributed by atoms with Crippen LogP contribution in [-0.4, -0.2) is 30.2 Å². The molecule has 0 aliphatic rings. The van der Waals surface area contributed by atoms with Gasteiger partial charge in [0.15, 0.2) is 0 Å². The maximum absolute atomic E-state index is 8.72. The zero-order valence-electron chi connectivity index (χ0n) is 5.20. The second kappa shape index (κ2) is 4.05. The van der Waals surface area contributed by atoms with E-state index in [1.807, 2.05) is 0 Å². The molecule has 0 fully saturated rings. The van der Waals surface area contributed by atoms with E-state index in [4.69, 9.17) is 10.2 Å². The smallest absolute Gasteiger partial charge is 0.209 e. The van der Waals surface area contributed by atoms with Crippen molar-refractivity contribution >= 4 is 6.72 Å². The van der Waals surface area contributed by atoms with Crippen LogP contribution in [0.5, 0.6) is 0 Å². The predicted molar refractivity (Wildman–Crippen MR) is 35.3 cm³/mol. The van der Waals surface area contributed by atoms with Gasteiger partial charge < -0.3 is 10.2 Å². The van der Waals surface area contributed by atoms with Crippen molar-refractivity contribution in [3.8, 4) is 0 Å². The Bertz CT molecular complexity index is 122. The minimum Gasteiger partial charge on any atom is -0.493 e. The maximum atomic E-state index is 8.72. The monoisotopic (exact) mass is 130 g/mol. The molecule has 0 rings (SSSR count). The van der Waals surface area contributed by atoms with Crippen LogP contribution in [0.15, 0.2) is 17.0 Å². The molecule has 4 nitrogen and oxygen atoms in total. The number of aliphatic hydroxyl groups is 2. The van der Waals surface area contributed by atoms with Crippen LogP contribution in [0.3, 0.4) is 0 Å². The SMILES string of the molecule is C=N/C(O)=C\C(O)NC. The molecule has 0 heterocycles. The normalized spacial score (nSPS) is 15.1. The standard InChI is InChI=1S/C5H10N2O2/c1-6-4(8)3-5(9)7-2/h3,5,7-9H,1H2,2H3/b4-3+. The number of hydrogen-bond acceptors (Lipinski definition) is 4. The van der Waals surface area contributed by atoms with Gasteiger partial charge in [-0.05, 0) is 13.8 Å². The Morgan fingerprint density at radius 1 is 1.89 bits per heavy atom. The van der Waals surface area contributed by atoms with E-state index in [-0.39, 0.29) is 5.88 Å². The van der Waals surface area contributed by atoms with E-state index in [1.54, 1.807) is 7.05 Å². The topological polar surface area (TPSA) is 64.9 Å². The number of aliphatic hydroxyl groups excluding tert-OH is 2. The summed E-state index contributed by atoms with van der Waals surface area (Å²) in [7, 11) is 1.55. The molecule has 52 valence electrons. The molecule has 0 aromatic rings. The molecule has 9 heavy (non-hydrogen) atoms. The van der Waals surface area contributed by atoms with Gasteiger partial charge in [-0.1, -0.05) is 0 Å². The third kappa shape index (κ3) is 3.69. The lowest BCUT2D eigenvalue weighted by molar-refractivity contribution is 0.190. The highest BCUT2D eigenvalue weighted by Crippen LogP contribution is 1.89. The minimum atomic E-state index is -0.865. The molecule has 0 aromatic heterocycles. The maximum Gasteiger partial charge on any atom is 0.209 e. The van der Waals surface area contributed by atoms with E-state index in [0.717, 1.165) is 6.08 Å². The lowest BCUT2D eigenvalue weighted by Crippen LogP contribution is -2.21. The fourth-order valence-corrected chi connectivity index (χ4v) is 0.277. The van der Waals surface area contributed by atoms with Crippen LogP contribution in [-0.2, 0) is 0 Å². The molecule has 0 saturated heterocycles. The first-order chi connectivity index (χ1) is 4.20. The first kappa shape index (κ1) is 8.13. The molecule has 0 saturated carbocycles. The van der Waals surface area contributed by atoms with Gasteiger partial charge in [0.05, 0.1) is 0 Å². The zero-order valence-corrected chi connectivity index (χ0v) is 5.20. The van der Waals surface area contributed by atoms with E-state index in [9.17, 15) is 0 Å². The lowest BCUT2D eigenvalue weighted by atomic mass is 10.5. The average Bonchev–Trinajstić information content (AvgIpc) is 1.87. The molecule has 0 radical (unpaired) electrons. The van der Waals surface area contributed by atoms with Gasteiger partial charge in [0.25, 0.3) is 0 Å². The fraction of sp³-hybridized carbons (Fsp3) is 0.400. The van der Waals surface area contributed by atoms with Crippen molar-refractivity contribution in [1.29, 1.82) is 0 Å². The molecular formula is C5H10N2O2. The summed E-state index contributed by atoms with van der Waals surface area (Å²) in [5.41, 5.74) is 0. The average molecular weight is 130 g/mol. The van der Waals surface area contributed by atoms with E-state index in [0.29, 0.717) is 0 Å². The van der Waals surface area contributed by atoms with Gasteiger partial charge in [0, 0.05) is 6.08 Å². The first-order valence-corrected chi connectivity index (χ1v) is 2.43. The minimum absolute atomic E-state index is 0.281. The summed E-state index contributed by atoms with van der Waals surface area (Å²) in [6.07, 6.45) is 0.267. The highest BCUT2D eigenvalue weighted by Gasteiger charge is 1.94. The van der Waals surface area contributed by atoms with Crippen LogP contribution >= 0.6 is 0 Å². The number of likely N-dealkylation sites (N-methyl/N-ethyl adjacent to an activating group) is 1. The van der Waals surface area contributed by atoms with Crippen molar-refractivity contribution in [3.63, 3.8) is 0 Å². The summed E-state index contributed by atoms with van der Waals surface area (Å²) in [6, 6.07) is 0. The summed E-state index contributed by atoms with van der Waals surface area (Å²) in [6.45, 7) is 3.04. The van der Waals surface area contributed by atoms with Gasteiger partial charge in [-0.2, -0.15) is 0 Å². The summed E-state index contributed by atoms with van der Waals surface area (Å²) >= 11 is 0. The Kier molecular flexibility index (Phi) is 3.66. The molecule has 0 aliphatic carbocycles. The quantitative estimate of drug-likeness (QED) is 0.277. The molecule has 0 aromatic carbocycles. The van der Waals surface area contributed by atoms with Crippen molar-refractivity contribution in [1.82, 2.24) is 5.32 Å². The highest BCUT2D eigenvalue weighted by molar-refractivity contribution is 5.27. The molecule has 4 heteroatoms. The van der Waals surface area contributed by atoms with E-state index >= 15 is 0 Å². The third-order valence-electron chi connectivity index (χ3n) is 0.765. The van der Waals surface area contributed by atoms with Crippen molar-refractivity contribution in [2.45, 2.75) is 6.23 Å². The Hall–Kier alpha value is -0.870. The predicted octanol–water partition coefficient (Wildman–Crippen LogP) is -0.376. The second-order valence-electron chi connectivity index (χ2n) is 1.42. The van der Waals surface area contributed by atoms with Crippen LogP contribution in [0.1, 0.15) is 0 Å². The highest BCUT2D eigenvalue weighted by atomic mass is 16.3. The van der Waals surface area contributed by atoms with Crippen molar-refractivity contribution in [2.75, 3.05) is 7.05 Å². The summed E-state index contributed by atoms with van der Waals surface area (Å²) in [4.78, 5) is 3.14. The fourth-order valence-electron chi connectivity index (χ4n) is 0.277. The van der Waals surface area contributed by atoms with Gasteiger partial charge in [-0.15, -0.1) is 0 Å². The molecule has 3 N–H and O–H groups in total. The molecule has 1 atom stereocenters. The Balaban J connectivity index is 3.78. The number of hydrogen-bond donors (Lipinski definition) is 3. The number of rotatable bonds is 3. The largest absolute Gasteiger partial charge is 0.493 e. The molecule has 1 unspecified atom stereocenters. The third-order valence-corrected chi connectivity index (χ3v) is 0.765. The lowest BCUT2D eigenvalue weighted by Gasteiger charge is -2.00. The Morgan fingerprint density at radius 2 is 2.44 bits per heavy atom. The Labute approximate surface area is 53.5 Å². The van der Waals surface area contributed by atoms with Gasteiger partial charge in [-0.25, -0.2) is 4.99 Å². The van der Waals surface area contributed by atoms with Crippen molar-refractivity contribution < 1.29 is 10.2 Å². The second-order valence-corrected chi connectivity index (χ2v) is 1.42. The number of aliphatic imine (C=N–C) groups is 1.